The number of hydrogen-bond donors (Lipinski definition) is 2. The standard InChI is InChI=1S/C18H21NO3/c20-16(14-2-1-3-15(7-14)17(21)22)19-18-8-11-4-12(9-18)6-13(5-11)10-18/h1-3,7,11-13H,4-6,8-10H2,(H,19,20)(H,21,22). The number of rotatable bonds is 3. The van der Waals surface area contributed by atoms with Gasteiger partial charge in [-0.05, 0) is 74.5 Å². The largest absolute Gasteiger partial charge is 0.478 e. The lowest BCUT2D eigenvalue weighted by Gasteiger charge is -2.56. The Kier molecular flexibility index (Phi) is 3.03. The van der Waals surface area contributed by atoms with Crippen LogP contribution in [0.5, 0.6) is 0 Å². The van der Waals surface area contributed by atoms with E-state index in [9.17, 15) is 9.59 Å². The van der Waals surface area contributed by atoms with Crippen LogP contribution in [0.1, 0.15) is 59.2 Å². The molecule has 0 unspecified atom stereocenters. The maximum atomic E-state index is 12.6. The summed E-state index contributed by atoms with van der Waals surface area (Å²) >= 11 is 0. The van der Waals surface area contributed by atoms with Gasteiger partial charge in [0.25, 0.3) is 5.91 Å². The van der Waals surface area contributed by atoms with Crippen LogP contribution in [-0.4, -0.2) is 22.5 Å². The number of carbonyl (C=O) groups is 2. The Morgan fingerprint density at radius 2 is 1.55 bits per heavy atom. The van der Waals surface area contributed by atoms with Crippen molar-refractivity contribution in [2.24, 2.45) is 17.8 Å². The van der Waals surface area contributed by atoms with Gasteiger partial charge in [-0.2, -0.15) is 0 Å². The van der Waals surface area contributed by atoms with Crippen molar-refractivity contribution in [3.63, 3.8) is 0 Å². The number of carbonyl (C=O) groups excluding carboxylic acids is 1. The topological polar surface area (TPSA) is 66.4 Å². The molecule has 22 heavy (non-hydrogen) atoms. The third-order valence-electron chi connectivity index (χ3n) is 5.79. The Morgan fingerprint density at radius 3 is 2.09 bits per heavy atom. The molecule has 2 N–H and O–H groups in total. The molecule has 1 aromatic rings. The number of amides is 1. The molecule has 4 bridgehead atoms. The van der Waals surface area contributed by atoms with Crippen molar-refractivity contribution in [3.05, 3.63) is 35.4 Å². The molecule has 4 nitrogen and oxygen atoms in total. The molecule has 116 valence electrons. The molecule has 1 amide bonds. The maximum absolute atomic E-state index is 12.6. The fraction of sp³-hybridized carbons (Fsp3) is 0.556. The van der Waals surface area contributed by atoms with Gasteiger partial charge in [0, 0.05) is 11.1 Å². The molecule has 0 radical (unpaired) electrons. The lowest BCUT2D eigenvalue weighted by molar-refractivity contribution is -0.0167. The smallest absolute Gasteiger partial charge is 0.335 e. The molecule has 0 aromatic heterocycles. The van der Waals surface area contributed by atoms with Crippen LogP contribution in [0, 0.1) is 17.8 Å². The summed E-state index contributed by atoms with van der Waals surface area (Å²) in [6.45, 7) is 0. The Balaban J connectivity index is 1.55. The van der Waals surface area contributed by atoms with E-state index in [4.69, 9.17) is 5.11 Å². The second-order valence-corrected chi connectivity index (χ2v) is 7.54. The highest BCUT2D eigenvalue weighted by atomic mass is 16.4. The van der Waals surface area contributed by atoms with Crippen molar-refractivity contribution < 1.29 is 14.7 Å². The minimum atomic E-state index is -0.996. The van der Waals surface area contributed by atoms with Gasteiger partial charge in [0.05, 0.1) is 5.56 Å². The Labute approximate surface area is 129 Å². The van der Waals surface area contributed by atoms with E-state index >= 15 is 0 Å². The highest BCUT2D eigenvalue weighted by molar-refractivity contribution is 5.97. The van der Waals surface area contributed by atoms with Crippen molar-refractivity contribution >= 4 is 11.9 Å². The Bertz CT molecular complexity index is 602. The average molecular weight is 299 g/mol. The van der Waals surface area contributed by atoms with Crippen LogP contribution in [0.2, 0.25) is 0 Å². The summed E-state index contributed by atoms with van der Waals surface area (Å²) in [4.78, 5) is 23.7. The first-order valence-corrected chi connectivity index (χ1v) is 8.19. The third kappa shape index (κ3) is 2.31. The van der Waals surface area contributed by atoms with Gasteiger partial charge >= 0.3 is 5.97 Å². The summed E-state index contributed by atoms with van der Waals surface area (Å²) in [7, 11) is 0. The summed E-state index contributed by atoms with van der Waals surface area (Å²) < 4.78 is 0. The normalized spacial score (nSPS) is 35.4. The van der Waals surface area contributed by atoms with E-state index in [2.05, 4.69) is 5.32 Å². The van der Waals surface area contributed by atoms with E-state index in [1.165, 1.54) is 31.4 Å². The van der Waals surface area contributed by atoms with Gasteiger partial charge in [-0.3, -0.25) is 4.79 Å². The van der Waals surface area contributed by atoms with Crippen LogP contribution in [0.15, 0.2) is 24.3 Å². The molecule has 4 fully saturated rings. The van der Waals surface area contributed by atoms with Gasteiger partial charge < -0.3 is 10.4 Å². The molecule has 0 aliphatic heterocycles. The van der Waals surface area contributed by atoms with Crippen LogP contribution in [0.25, 0.3) is 0 Å². The molecule has 0 heterocycles. The predicted octanol–water partition coefficient (Wildman–Crippen LogP) is 3.08. The number of aromatic carboxylic acids is 1. The van der Waals surface area contributed by atoms with E-state index < -0.39 is 5.97 Å². The van der Waals surface area contributed by atoms with Crippen molar-refractivity contribution in [2.45, 2.75) is 44.1 Å². The second-order valence-electron chi connectivity index (χ2n) is 7.54. The zero-order valence-electron chi connectivity index (χ0n) is 12.5. The van der Waals surface area contributed by atoms with Crippen LogP contribution in [0.3, 0.4) is 0 Å². The van der Waals surface area contributed by atoms with E-state index in [0.29, 0.717) is 5.56 Å². The van der Waals surface area contributed by atoms with Gasteiger partial charge in [0.1, 0.15) is 0 Å². The van der Waals surface area contributed by atoms with Gasteiger partial charge in [-0.25, -0.2) is 4.79 Å². The second kappa shape index (κ2) is 4.83. The summed E-state index contributed by atoms with van der Waals surface area (Å²) in [6.07, 6.45) is 7.31. The van der Waals surface area contributed by atoms with Crippen molar-refractivity contribution in [1.82, 2.24) is 5.32 Å². The number of hydrogen-bond acceptors (Lipinski definition) is 2. The minimum Gasteiger partial charge on any atom is -0.478 e. The van der Waals surface area contributed by atoms with Gasteiger partial charge in [0.15, 0.2) is 0 Å². The molecule has 4 saturated carbocycles. The first-order chi connectivity index (χ1) is 10.5. The molecule has 0 atom stereocenters. The summed E-state index contributed by atoms with van der Waals surface area (Å²) in [5.41, 5.74) is 0.583. The predicted molar refractivity (Wildman–Crippen MR) is 81.8 cm³/mol. The third-order valence-corrected chi connectivity index (χ3v) is 5.79. The molecule has 4 heteroatoms. The van der Waals surface area contributed by atoms with E-state index in [1.54, 1.807) is 12.1 Å². The van der Waals surface area contributed by atoms with Crippen molar-refractivity contribution in [1.29, 1.82) is 0 Å². The minimum absolute atomic E-state index is 0.0366. The molecule has 5 rings (SSSR count). The highest BCUT2D eigenvalue weighted by Crippen LogP contribution is 2.55. The van der Waals surface area contributed by atoms with E-state index in [-0.39, 0.29) is 17.0 Å². The Hall–Kier alpha value is -1.84. The average Bonchev–Trinajstić information content (AvgIpc) is 2.45. The number of carboxylic acid groups (broad SMARTS) is 1. The van der Waals surface area contributed by atoms with Gasteiger partial charge in [-0.15, -0.1) is 0 Å². The zero-order chi connectivity index (χ0) is 15.3. The van der Waals surface area contributed by atoms with Crippen molar-refractivity contribution in [2.75, 3.05) is 0 Å². The van der Waals surface area contributed by atoms with Crippen LogP contribution in [-0.2, 0) is 0 Å². The van der Waals surface area contributed by atoms with Gasteiger partial charge in [-0.1, -0.05) is 6.07 Å². The molecule has 1 aromatic carbocycles. The molecule has 4 aliphatic carbocycles. The molecular weight excluding hydrogens is 278 g/mol. The fourth-order valence-electron chi connectivity index (χ4n) is 5.37. The quantitative estimate of drug-likeness (QED) is 0.901. The van der Waals surface area contributed by atoms with E-state index in [1.807, 2.05) is 0 Å². The highest BCUT2D eigenvalue weighted by Gasteiger charge is 2.51. The van der Waals surface area contributed by atoms with Crippen LogP contribution in [0.4, 0.5) is 0 Å². The molecular formula is C18H21NO3. The lowest BCUT2D eigenvalue weighted by atomic mass is 9.53. The van der Waals surface area contributed by atoms with Crippen molar-refractivity contribution in [3.8, 4) is 0 Å². The summed E-state index contributed by atoms with van der Waals surface area (Å²) in [6, 6.07) is 6.32. The first kappa shape index (κ1) is 13.8. The zero-order valence-corrected chi connectivity index (χ0v) is 12.5. The monoisotopic (exact) mass is 299 g/mol. The number of benzene rings is 1. The fourth-order valence-corrected chi connectivity index (χ4v) is 5.37. The summed E-state index contributed by atoms with van der Waals surface area (Å²) in [5, 5.41) is 12.3. The number of carboxylic acids is 1. The lowest BCUT2D eigenvalue weighted by Crippen LogP contribution is -2.59. The molecule has 0 spiro atoms. The molecule has 4 aliphatic rings. The van der Waals surface area contributed by atoms with E-state index in [0.717, 1.165) is 37.0 Å². The summed E-state index contributed by atoms with van der Waals surface area (Å²) in [5.74, 6) is 1.21. The van der Waals surface area contributed by atoms with Gasteiger partial charge in [0.2, 0.25) is 0 Å². The maximum Gasteiger partial charge on any atom is 0.335 e. The molecule has 0 saturated heterocycles. The first-order valence-electron chi connectivity index (χ1n) is 8.19. The SMILES string of the molecule is O=C(O)c1cccc(C(=O)NC23CC4CC(CC(C4)C2)C3)c1. The van der Waals surface area contributed by atoms with Crippen LogP contribution >= 0.6 is 0 Å². The Morgan fingerprint density at radius 1 is 1.00 bits per heavy atom. The van der Waals surface area contributed by atoms with Crippen LogP contribution < -0.4 is 5.32 Å². The number of nitrogens with one attached hydrogen (secondary N) is 1.